The predicted molar refractivity (Wildman–Crippen MR) is 125 cm³/mol. The summed E-state index contributed by atoms with van der Waals surface area (Å²) in [6, 6.07) is 9.52. The zero-order chi connectivity index (χ0) is 19.9. The van der Waals surface area contributed by atoms with Gasteiger partial charge in [-0.2, -0.15) is 0 Å². The smallest absolute Gasteiger partial charge is 0.0601 e. The van der Waals surface area contributed by atoms with Gasteiger partial charge in [-0.05, 0) is 67.0 Å². The Labute approximate surface area is 176 Å². The summed E-state index contributed by atoms with van der Waals surface area (Å²) in [5.74, 6) is 2.14. The van der Waals surface area contributed by atoms with Crippen LogP contribution in [-0.2, 0) is 11.2 Å². The Morgan fingerprint density at radius 1 is 1.04 bits per heavy atom. The molecular formula is C26H40OS. The molecule has 1 aliphatic rings. The average molecular weight is 401 g/mol. The van der Waals surface area contributed by atoms with E-state index < -0.39 is 0 Å². The van der Waals surface area contributed by atoms with E-state index in [0.29, 0.717) is 17.9 Å². The lowest BCUT2D eigenvalue weighted by atomic mass is 9.85. The molecule has 156 valence electrons. The summed E-state index contributed by atoms with van der Waals surface area (Å²) in [6.07, 6.45) is 12.1. The second-order valence-electron chi connectivity index (χ2n) is 9.21. The molecular weight excluding hydrogens is 360 g/mol. The summed E-state index contributed by atoms with van der Waals surface area (Å²) >= 11 is 1.99. The van der Waals surface area contributed by atoms with Gasteiger partial charge in [0.1, 0.15) is 0 Å². The molecule has 0 amide bonds. The maximum absolute atomic E-state index is 6.37. The zero-order valence-corrected chi connectivity index (χ0v) is 19.3. The SMILES string of the molecule is CCCCc1cc2ccc(C3CCC(C(C)CCC(C)CCC)OC3)cc2s1. The van der Waals surface area contributed by atoms with Crippen LogP contribution in [-0.4, -0.2) is 12.7 Å². The number of rotatable bonds is 10. The van der Waals surface area contributed by atoms with E-state index in [1.807, 2.05) is 11.3 Å². The molecule has 1 saturated heterocycles. The van der Waals surface area contributed by atoms with Crippen LogP contribution >= 0.6 is 11.3 Å². The first kappa shape index (κ1) is 21.8. The molecule has 4 unspecified atom stereocenters. The first-order valence-electron chi connectivity index (χ1n) is 11.7. The average Bonchev–Trinajstić information content (AvgIpc) is 3.13. The highest BCUT2D eigenvalue weighted by molar-refractivity contribution is 7.19. The second-order valence-corrected chi connectivity index (χ2v) is 10.4. The van der Waals surface area contributed by atoms with Crippen molar-refractivity contribution in [2.24, 2.45) is 11.8 Å². The molecule has 2 aromatic rings. The van der Waals surface area contributed by atoms with Crippen LogP contribution in [0.5, 0.6) is 0 Å². The van der Waals surface area contributed by atoms with Crippen LogP contribution in [0.2, 0.25) is 0 Å². The minimum atomic E-state index is 0.469. The van der Waals surface area contributed by atoms with Crippen LogP contribution in [0.3, 0.4) is 0 Å². The Morgan fingerprint density at radius 2 is 1.89 bits per heavy atom. The standard InChI is InChI=1S/C26H40OS/c1-5-7-9-24-16-22-13-12-21(17-26(22)28-24)23-14-15-25(27-18-23)20(4)11-10-19(3)8-6-2/h12-13,16-17,19-20,23,25H,5-11,14-15,18H2,1-4H3. The fraction of sp³-hybridized carbons (Fsp3) is 0.692. The van der Waals surface area contributed by atoms with Crippen LogP contribution in [0.4, 0.5) is 0 Å². The van der Waals surface area contributed by atoms with Gasteiger partial charge in [0.05, 0.1) is 12.7 Å². The monoisotopic (exact) mass is 400 g/mol. The largest absolute Gasteiger partial charge is 0.377 e. The topological polar surface area (TPSA) is 9.23 Å². The number of hydrogen-bond donors (Lipinski definition) is 0. The van der Waals surface area contributed by atoms with Crippen molar-refractivity contribution in [3.8, 4) is 0 Å². The van der Waals surface area contributed by atoms with E-state index in [9.17, 15) is 0 Å². The van der Waals surface area contributed by atoms with Crippen LogP contribution in [0.1, 0.15) is 95.4 Å². The number of unbranched alkanes of at least 4 members (excludes halogenated alkanes) is 1. The Hall–Kier alpha value is -0.860. The third-order valence-electron chi connectivity index (χ3n) is 6.69. The van der Waals surface area contributed by atoms with Crippen molar-refractivity contribution in [3.63, 3.8) is 0 Å². The number of benzene rings is 1. The molecule has 0 bridgehead atoms. The van der Waals surface area contributed by atoms with Gasteiger partial charge in [0.15, 0.2) is 0 Å². The Balaban J connectivity index is 1.52. The quantitative estimate of drug-likeness (QED) is 0.389. The number of thiophene rings is 1. The Morgan fingerprint density at radius 3 is 2.61 bits per heavy atom. The predicted octanol–water partition coefficient (Wildman–Crippen LogP) is 8.36. The van der Waals surface area contributed by atoms with Gasteiger partial charge in [-0.25, -0.2) is 0 Å². The number of hydrogen-bond acceptors (Lipinski definition) is 2. The third-order valence-corrected chi connectivity index (χ3v) is 7.84. The molecule has 0 spiro atoms. The van der Waals surface area contributed by atoms with E-state index in [1.165, 1.54) is 73.4 Å². The van der Waals surface area contributed by atoms with Gasteiger partial charge in [-0.3, -0.25) is 0 Å². The molecule has 0 radical (unpaired) electrons. The molecule has 1 nitrogen and oxygen atoms in total. The van der Waals surface area contributed by atoms with Gasteiger partial charge in [-0.1, -0.05) is 65.5 Å². The number of aryl methyl sites for hydroxylation is 1. The van der Waals surface area contributed by atoms with E-state index in [2.05, 4.69) is 52.0 Å². The van der Waals surface area contributed by atoms with Crippen molar-refractivity contribution in [1.29, 1.82) is 0 Å². The van der Waals surface area contributed by atoms with E-state index in [1.54, 1.807) is 4.88 Å². The third kappa shape index (κ3) is 5.83. The fourth-order valence-corrected chi connectivity index (χ4v) is 5.84. The minimum Gasteiger partial charge on any atom is -0.377 e. The van der Waals surface area contributed by atoms with E-state index >= 15 is 0 Å². The molecule has 2 heterocycles. The lowest BCUT2D eigenvalue weighted by Crippen LogP contribution is -2.30. The molecule has 1 fully saturated rings. The highest BCUT2D eigenvalue weighted by Gasteiger charge is 2.27. The van der Waals surface area contributed by atoms with Crippen LogP contribution < -0.4 is 0 Å². The Kier molecular flexibility index (Phi) is 8.41. The molecule has 1 aromatic carbocycles. The van der Waals surface area contributed by atoms with E-state index in [4.69, 9.17) is 4.74 Å². The van der Waals surface area contributed by atoms with Gasteiger partial charge in [0, 0.05) is 15.5 Å². The lowest BCUT2D eigenvalue weighted by Gasteiger charge is -2.33. The summed E-state index contributed by atoms with van der Waals surface area (Å²) in [4.78, 5) is 1.54. The number of fused-ring (bicyclic) bond motifs is 1. The summed E-state index contributed by atoms with van der Waals surface area (Å²) in [7, 11) is 0. The van der Waals surface area contributed by atoms with Crippen molar-refractivity contribution < 1.29 is 4.74 Å². The van der Waals surface area contributed by atoms with Crippen molar-refractivity contribution in [1.82, 2.24) is 0 Å². The highest BCUT2D eigenvalue weighted by atomic mass is 32.1. The zero-order valence-electron chi connectivity index (χ0n) is 18.5. The van der Waals surface area contributed by atoms with Crippen LogP contribution in [0.15, 0.2) is 24.3 Å². The highest BCUT2D eigenvalue weighted by Crippen LogP contribution is 2.35. The molecule has 0 N–H and O–H groups in total. The fourth-order valence-electron chi connectivity index (χ4n) is 4.68. The summed E-state index contributed by atoms with van der Waals surface area (Å²) in [5.41, 5.74) is 1.49. The van der Waals surface area contributed by atoms with Crippen molar-refractivity contribution in [3.05, 3.63) is 34.7 Å². The molecule has 1 aliphatic heterocycles. The first-order chi connectivity index (χ1) is 13.6. The molecule has 0 aliphatic carbocycles. The summed E-state index contributed by atoms with van der Waals surface area (Å²) in [5, 5.41) is 1.42. The second kappa shape index (κ2) is 10.8. The normalized spacial score (nSPS) is 22.4. The minimum absolute atomic E-state index is 0.469. The molecule has 0 saturated carbocycles. The molecule has 2 heteroatoms. The van der Waals surface area contributed by atoms with E-state index in [-0.39, 0.29) is 0 Å². The maximum Gasteiger partial charge on any atom is 0.0601 e. The summed E-state index contributed by atoms with van der Waals surface area (Å²) in [6.45, 7) is 10.3. The van der Waals surface area contributed by atoms with Crippen LogP contribution in [0.25, 0.3) is 10.1 Å². The van der Waals surface area contributed by atoms with E-state index in [0.717, 1.165) is 12.5 Å². The van der Waals surface area contributed by atoms with Crippen molar-refractivity contribution in [2.75, 3.05) is 6.61 Å². The lowest BCUT2D eigenvalue weighted by molar-refractivity contribution is -0.0297. The van der Waals surface area contributed by atoms with Crippen molar-refractivity contribution in [2.45, 2.75) is 97.5 Å². The maximum atomic E-state index is 6.37. The van der Waals surface area contributed by atoms with Crippen LogP contribution in [0, 0.1) is 11.8 Å². The molecule has 28 heavy (non-hydrogen) atoms. The van der Waals surface area contributed by atoms with Gasteiger partial charge in [0.2, 0.25) is 0 Å². The molecule has 3 rings (SSSR count). The van der Waals surface area contributed by atoms with Gasteiger partial charge >= 0.3 is 0 Å². The Bertz CT molecular complexity index is 710. The molecule has 1 aromatic heterocycles. The van der Waals surface area contributed by atoms with Gasteiger partial charge in [-0.15, -0.1) is 11.3 Å². The van der Waals surface area contributed by atoms with Gasteiger partial charge in [0.25, 0.3) is 0 Å². The first-order valence-corrected chi connectivity index (χ1v) is 12.6. The summed E-state index contributed by atoms with van der Waals surface area (Å²) < 4.78 is 7.83. The number of ether oxygens (including phenoxy) is 1. The van der Waals surface area contributed by atoms with Crippen molar-refractivity contribution >= 4 is 21.4 Å². The van der Waals surface area contributed by atoms with Gasteiger partial charge < -0.3 is 4.74 Å². The molecule has 4 atom stereocenters.